The summed E-state index contributed by atoms with van der Waals surface area (Å²) in [7, 11) is 0. The van der Waals surface area contributed by atoms with Gasteiger partial charge in [-0.1, -0.05) is 55.5 Å². The van der Waals surface area contributed by atoms with Crippen LogP contribution in [0.4, 0.5) is 16.5 Å². The number of nitrogens with zero attached hydrogens (tertiary/aromatic N) is 3. The van der Waals surface area contributed by atoms with Crippen LogP contribution in [0, 0.1) is 0 Å². The second-order valence-electron chi connectivity index (χ2n) is 7.89. The molecule has 0 radical (unpaired) electrons. The van der Waals surface area contributed by atoms with Crippen molar-refractivity contribution in [2.75, 3.05) is 10.6 Å². The Labute approximate surface area is 200 Å². The smallest absolute Gasteiger partial charge is 0.283 e. The lowest BCUT2D eigenvalue weighted by Gasteiger charge is -2.07. The van der Waals surface area contributed by atoms with Crippen molar-refractivity contribution in [2.45, 2.75) is 26.7 Å². The van der Waals surface area contributed by atoms with Crippen LogP contribution in [0.1, 0.15) is 35.3 Å². The molecule has 2 heterocycles. The largest absolute Gasteiger partial charge is 0.330 e. The molecule has 0 atom stereocenters. The number of anilines is 3. The summed E-state index contributed by atoms with van der Waals surface area (Å²) < 4.78 is 1.31. The van der Waals surface area contributed by atoms with Crippen LogP contribution in [0.15, 0.2) is 71.5 Å². The number of para-hydroxylation sites is 1. The average Bonchev–Trinajstić information content (AvgIpc) is 3.26. The molecule has 0 aliphatic rings. The molecule has 0 aliphatic carbocycles. The average molecular weight is 470 g/mol. The molecule has 8 heteroatoms. The number of aryl methyl sites for hydroxylation is 2. The standard InChI is InChI=1S/C26H23N5O2S/c1-3-16-8-7-10-19(14-16)27-23(32)18-12-13-20-22(15-18)29-26-31(24(20)33)30-25(34-26)28-21-11-6-5-9-17(21)4-2/h5-15H,3-4H2,1-2H3,(H,27,32)(H,28,30). The highest BCUT2D eigenvalue weighted by molar-refractivity contribution is 7.20. The molecule has 0 saturated heterocycles. The Hall–Kier alpha value is -4.04. The van der Waals surface area contributed by atoms with Crippen LogP contribution in [-0.2, 0) is 12.8 Å². The third-order valence-corrected chi connectivity index (χ3v) is 6.52. The summed E-state index contributed by atoms with van der Waals surface area (Å²) in [6, 6.07) is 20.7. The lowest BCUT2D eigenvalue weighted by atomic mass is 10.1. The van der Waals surface area contributed by atoms with E-state index in [2.05, 4.69) is 40.6 Å². The Morgan fingerprint density at radius 1 is 1.00 bits per heavy atom. The molecule has 34 heavy (non-hydrogen) atoms. The molecule has 0 fully saturated rings. The zero-order chi connectivity index (χ0) is 23.7. The third-order valence-electron chi connectivity index (χ3n) is 5.69. The molecule has 5 rings (SSSR count). The van der Waals surface area contributed by atoms with E-state index in [1.807, 2.05) is 42.5 Å². The first-order chi connectivity index (χ1) is 16.6. The monoisotopic (exact) mass is 469 g/mol. The molecular formula is C26H23N5O2S. The van der Waals surface area contributed by atoms with Crippen molar-refractivity contribution in [3.63, 3.8) is 0 Å². The Kier molecular flexibility index (Phi) is 5.81. The van der Waals surface area contributed by atoms with Gasteiger partial charge < -0.3 is 10.6 Å². The lowest BCUT2D eigenvalue weighted by Crippen LogP contribution is -2.17. The van der Waals surface area contributed by atoms with Crippen molar-refractivity contribution >= 4 is 49.6 Å². The minimum Gasteiger partial charge on any atom is -0.330 e. The summed E-state index contributed by atoms with van der Waals surface area (Å²) in [5.74, 6) is -0.250. The van der Waals surface area contributed by atoms with Crippen molar-refractivity contribution in [3.8, 4) is 0 Å². The summed E-state index contributed by atoms with van der Waals surface area (Å²) >= 11 is 1.29. The Morgan fingerprint density at radius 2 is 1.85 bits per heavy atom. The topological polar surface area (TPSA) is 88.4 Å². The molecule has 7 nitrogen and oxygen atoms in total. The van der Waals surface area contributed by atoms with Gasteiger partial charge in [0.25, 0.3) is 11.5 Å². The molecule has 5 aromatic rings. The van der Waals surface area contributed by atoms with Gasteiger partial charge in [-0.05, 0) is 60.4 Å². The number of nitrogens with one attached hydrogen (secondary N) is 2. The molecule has 2 N–H and O–H groups in total. The molecule has 0 bridgehead atoms. The number of rotatable bonds is 6. The van der Waals surface area contributed by atoms with Gasteiger partial charge >= 0.3 is 0 Å². The first kappa shape index (κ1) is 21.8. The van der Waals surface area contributed by atoms with E-state index in [1.165, 1.54) is 15.9 Å². The van der Waals surface area contributed by atoms with Gasteiger partial charge in [0.1, 0.15) is 0 Å². The summed E-state index contributed by atoms with van der Waals surface area (Å²) in [4.78, 5) is 31.0. The number of carbonyl (C=O) groups is 1. The fraction of sp³-hybridized carbons (Fsp3) is 0.154. The maximum absolute atomic E-state index is 13.1. The number of aromatic nitrogens is 3. The van der Waals surface area contributed by atoms with E-state index >= 15 is 0 Å². The fourth-order valence-electron chi connectivity index (χ4n) is 3.84. The Morgan fingerprint density at radius 3 is 2.68 bits per heavy atom. The number of hydrogen-bond donors (Lipinski definition) is 2. The van der Waals surface area contributed by atoms with Crippen LogP contribution in [-0.4, -0.2) is 20.5 Å². The van der Waals surface area contributed by atoms with Crippen molar-refractivity contribution in [1.29, 1.82) is 0 Å². The highest BCUT2D eigenvalue weighted by Gasteiger charge is 2.14. The van der Waals surface area contributed by atoms with Crippen molar-refractivity contribution in [2.24, 2.45) is 0 Å². The molecule has 0 saturated carbocycles. The van der Waals surface area contributed by atoms with E-state index in [-0.39, 0.29) is 11.5 Å². The number of amides is 1. The van der Waals surface area contributed by atoms with E-state index < -0.39 is 0 Å². The van der Waals surface area contributed by atoms with Gasteiger partial charge in [-0.3, -0.25) is 9.59 Å². The van der Waals surface area contributed by atoms with E-state index in [1.54, 1.807) is 18.2 Å². The van der Waals surface area contributed by atoms with Crippen LogP contribution in [0.2, 0.25) is 0 Å². The van der Waals surface area contributed by atoms with Gasteiger partial charge in [-0.2, -0.15) is 4.52 Å². The van der Waals surface area contributed by atoms with Crippen LogP contribution in [0.5, 0.6) is 0 Å². The second kappa shape index (κ2) is 9.07. The fourth-order valence-corrected chi connectivity index (χ4v) is 4.65. The maximum Gasteiger partial charge on any atom is 0.283 e. The van der Waals surface area contributed by atoms with Crippen molar-refractivity contribution in [1.82, 2.24) is 14.6 Å². The minimum absolute atomic E-state index is 0.250. The molecule has 2 aromatic heterocycles. The third kappa shape index (κ3) is 4.15. The zero-order valence-corrected chi connectivity index (χ0v) is 19.6. The molecule has 3 aromatic carbocycles. The first-order valence-electron chi connectivity index (χ1n) is 11.1. The van der Waals surface area contributed by atoms with Gasteiger partial charge in [-0.25, -0.2) is 4.98 Å². The quantitative estimate of drug-likeness (QED) is 0.346. The summed E-state index contributed by atoms with van der Waals surface area (Å²) in [6.07, 6.45) is 1.77. The number of fused-ring (bicyclic) bond motifs is 2. The minimum atomic E-state index is -0.268. The highest BCUT2D eigenvalue weighted by atomic mass is 32.1. The molecular weight excluding hydrogens is 446 g/mol. The molecule has 0 aliphatic heterocycles. The SMILES string of the molecule is CCc1cccc(NC(=O)c2ccc3c(=O)n4nc(Nc5ccccc5CC)sc4nc3c2)c1. The van der Waals surface area contributed by atoms with E-state index in [0.29, 0.717) is 26.6 Å². The van der Waals surface area contributed by atoms with Gasteiger partial charge in [0.05, 0.1) is 10.9 Å². The van der Waals surface area contributed by atoms with Gasteiger partial charge in [0.15, 0.2) is 0 Å². The normalized spacial score (nSPS) is 11.1. The summed E-state index contributed by atoms with van der Waals surface area (Å²) in [5, 5.41) is 11.6. The maximum atomic E-state index is 13.1. The number of carbonyl (C=O) groups excluding carboxylic acids is 1. The van der Waals surface area contributed by atoms with Crippen LogP contribution >= 0.6 is 11.3 Å². The lowest BCUT2D eigenvalue weighted by molar-refractivity contribution is 0.102. The van der Waals surface area contributed by atoms with E-state index in [0.717, 1.165) is 35.3 Å². The highest BCUT2D eigenvalue weighted by Crippen LogP contribution is 2.25. The predicted molar refractivity (Wildman–Crippen MR) is 138 cm³/mol. The number of benzene rings is 3. The second-order valence-corrected chi connectivity index (χ2v) is 8.85. The molecule has 0 spiro atoms. The zero-order valence-electron chi connectivity index (χ0n) is 18.8. The van der Waals surface area contributed by atoms with Gasteiger partial charge in [0, 0.05) is 16.9 Å². The van der Waals surface area contributed by atoms with Crippen LogP contribution in [0.25, 0.3) is 15.9 Å². The molecule has 0 unspecified atom stereocenters. The molecule has 170 valence electrons. The van der Waals surface area contributed by atoms with Crippen LogP contribution in [0.3, 0.4) is 0 Å². The first-order valence-corrected chi connectivity index (χ1v) is 12.0. The van der Waals surface area contributed by atoms with Crippen molar-refractivity contribution in [3.05, 3.63) is 93.8 Å². The van der Waals surface area contributed by atoms with Gasteiger partial charge in [-0.15, -0.1) is 5.10 Å². The predicted octanol–water partition coefficient (Wildman–Crippen LogP) is 5.42. The summed E-state index contributed by atoms with van der Waals surface area (Å²) in [6.45, 7) is 4.16. The Bertz CT molecular complexity index is 1590. The van der Waals surface area contributed by atoms with Gasteiger partial charge in [0.2, 0.25) is 10.1 Å². The van der Waals surface area contributed by atoms with Crippen molar-refractivity contribution < 1.29 is 4.79 Å². The molecule has 1 amide bonds. The van der Waals surface area contributed by atoms with E-state index in [9.17, 15) is 9.59 Å². The van der Waals surface area contributed by atoms with E-state index in [4.69, 9.17) is 0 Å². The Balaban J connectivity index is 1.48. The summed E-state index contributed by atoms with van der Waals surface area (Å²) in [5.41, 5.74) is 4.62. The van der Waals surface area contributed by atoms with Crippen LogP contribution < -0.4 is 16.2 Å². The number of hydrogen-bond acceptors (Lipinski definition) is 6.